The number of alkyl carbamates (subject to hydrolysis) is 1. The van der Waals surface area contributed by atoms with Crippen molar-refractivity contribution in [1.82, 2.24) is 15.6 Å². The van der Waals surface area contributed by atoms with Crippen molar-refractivity contribution < 1.29 is 9.53 Å². The van der Waals surface area contributed by atoms with Gasteiger partial charge >= 0.3 is 6.09 Å². The minimum atomic E-state index is -0.393. The summed E-state index contributed by atoms with van der Waals surface area (Å²) >= 11 is 1.48. The Labute approximate surface area is 182 Å². The summed E-state index contributed by atoms with van der Waals surface area (Å²) in [5.74, 6) is 0. The van der Waals surface area contributed by atoms with E-state index in [1.165, 1.54) is 22.5 Å². The van der Waals surface area contributed by atoms with Crippen LogP contribution in [-0.2, 0) is 24.2 Å². The molecule has 0 unspecified atom stereocenters. The quantitative estimate of drug-likeness (QED) is 0.473. The summed E-state index contributed by atoms with van der Waals surface area (Å²) in [6.07, 6.45) is 4.87. The van der Waals surface area contributed by atoms with E-state index in [9.17, 15) is 4.79 Å². The van der Waals surface area contributed by atoms with E-state index >= 15 is 0 Å². The molecule has 0 aliphatic rings. The molecule has 0 saturated heterocycles. The number of amides is 1. The summed E-state index contributed by atoms with van der Waals surface area (Å²) in [6, 6.07) is 21.1. The van der Waals surface area contributed by atoms with Gasteiger partial charge < -0.3 is 15.4 Å². The fraction of sp³-hybridized carbons (Fsp3) is 0.333. The SMILES string of the molecule is CN[C@H](CC[C@H](Cc1ccccc1)NC(=O)OCc1nccs1)Cc1ccccc1. The van der Waals surface area contributed by atoms with Gasteiger partial charge in [0.05, 0.1) is 0 Å². The average molecular weight is 424 g/mol. The van der Waals surface area contributed by atoms with Gasteiger partial charge in [-0.05, 0) is 43.9 Å². The first-order valence-electron chi connectivity index (χ1n) is 10.3. The van der Waals surface area contributed by atoms with E-state index in [4.69, 9.17) is 4.74 Å². The van der Waals surface area contributed by atoms with Crippen LogP contribution in [0.5, 0.6) is 0 Å². The zero-order valence-corrected chi connectivity index (χ0v) is 18.1. The highest BCUT2D eigenvalue weighted by Gasteiger charge is 2.17. The van der Waals surface area contributed by atoms with Crippen LogP contribution in [0.2, 0.25) is 0 Å². The summed E-state index contributed by atoms with van der Waals surface area (Å²) in [5.41, 5.74) is 2.51. The highest BCUT2D eigenvalue weighted by atomic mass is 32.1. The average Bonchev–Trinajstić information content (AvgIpc) is 3.30. The molecular weight excluding hydrogens is 394 g/mol. The molecule has 0 aliphatic carbocycles. The lowest BCUT2D eigenvalue weighted by atomic mass is 9.96. The lowest BCUT2D eigenvalue weighted by molar-refractivity contribution is 0.134. The highest BCUT2D eigenvalue weighted by Crippen LogP contribution is 2.13. The third kappa shape index (κ3) is 7.61. The lowest BCUT2D eigenvalue weighted by Gasteiger charge is -2.22. The predicted octanol–water partition coefficient (Wildman–Crippen LogP) is 4.59. The Morgan fingerprint density at radius 3 is 2.13 bits per heavy atom. The number of benzene rings is 2. The standard InChI is InChI=1S/C24H29N3O2S/c1-25-21(16-19-8-4-2-5-9-19)12-13-22(17-20-10-6-3-7-11-20)27-24(28)29-18-23-26-14-15-30-23/h2-11,14-15,21-22,25H,12-13,16-18H2,1H3,(H,27,28)/t21-,22-/m1/s1. The molecule has 3 aromatic rings. The summed E-state index contributed by atoms with van der Waals surface area (Å²) in [6.45, 7) is 0.203. The van der Waals surface area contributed by atoms with E-state index in [-0.39, 0.29) is 12.6 Å². The van der Waals surface area contributed by atoms with Gasteiger partial charge in [0.15, 0.2) is 0 Å². The van der Waals surface area contributed by atoms with Crippen molar-refractivity contribution in [3.05, 3.63) is 88.4 Å². The zero-order valence-electron chi connectivity index (χ0n) is 17.3. The smallest absolute Gasteiger partial charge is 0.407 e. The Bertz CT molecular complexity index is 857. The van der Waals surface area contributed by atoms with Gasteiger partial charge in [-0.1, -0.05) is 60.7 Å². The Hall–Kier alpha value is -2.70. The van der Waals surface area contributed by atoms with Crippen LogP contribution >= 0.6 is 11.3 Å². The van der Waals surface area contributed by atoms with Gasteiger partial charge in [0.2, 0.25) is 0 Å². The van der Waals surface area contributed by atoms with E-state index in [1.807, 2.05) is 36.7 Å². The third-order valence-electron chi connectivity index (χ3n) is 5.05. The maximum Gasteiger partial charge on any atom is 0.407 e. The summed E-state index contributed by atoms with van der Waals surface area (Å²) in [4.78, 5) is 16.5. The molecule has 2 N–H and O–H groups in total. The fourth-order valence-corrected chi connectivity index (χ4v) is 3.96. The number of thiazole rings is 1. The molecule has 1 heterocycles. The van der Waals surface area contributed by atoms with Crippen molar-refractivity contribution in [3.63, 3.8) is 0 Å². The third-order valence-corrected chi connectivity index (χ3v) is 5.81. The molecule has 0 saturated carbocycles. The number of likely N-dealkylation sites (N-methyl/N-ethyl adjacent to an activating group) is 1. The summed E-state index contributed by atoms with van der Waals surface area (Å²) < 4.78 is 5.37. The Balaban J connectivity index is 1.56. The number of aromatic nitrogens is 1. The fourth-order valence-electron chi connectivity index (χ4n) is 3.43. The second-order valence-corrected chi connectivity index (χ2v) is 8.26. The second kappa shape index (κ2) is 12.1. The van der Waals surface area contributed by atoms with Gasteiger partial charge in [0.1, 0.15) is 11.6 Å². The van der Waals surface area contributed by atoms with Crippen molar-refractivity contribution in [1.29, 1.82) is 0 Å². The van der Waals surface area contributed by atoms with Crippen molar-refractivity contribution in [3.8, 4) is 0 Å². The van der Waals surface area contributed by atoms with Crippen molar-refractivity contribution in [2.75, 3.05) is 7.05 Å². The van der Waals surface area contributed by atoms with Crippen LogP contribution in [0.1, 0.15) is 29.0 Å². The van der Waals surface area contributed by atoms with Crippen LogP contribution in [-0.4, -0.2) is 30.2 Å². The minimum Gasteiger partial charge on any atom is -0.442 e. The van der Waals surface area contributed by atoms with Crippen LogP contribution in [0.25, 0.3) is 0 Å². The number of hydrogen-bond acceptors (Lipinski definition) is 5. The molecule has 0 fully saturated rings. The van der Waals surface area contributed by atoms with Crippen LogP contribution in [0, 0.1) is 0 Å². The van der Waals surface area contributed by atoms with Gasteiger partial charge in [0.25, 0.3) is 0 Å². The van der Waals surface area contributed by atoms with Gasteiger partial charge in [-0.3, -0.25) is 0 Å². The Morgan fingerprint density at radius 2 is 1.57 bits per heavy atom. The molecule has 1 amide bonds. The minimum absolute atomic E-state index is 0.00261. The largest absolute Gasteiger partial charge is 0.442 e. The molecule has 0 aliphatic heterocycles. The van der Waals surface area contributed by atoms with Gasteiger partial charge in [-0.2, -0.15) is 0 Å². The molecule has 30 heavy (non-hydrogen) atoms. The lowest BCUT2D eigenvalue weighted by Crippen LogP contribution is -2.38. The zero-order chi connectivity index (χ0) is 21.0. The molecule has 2 aromatic carbocycles. The number of hydrogen-bond donors (Lipinski definition) is 2. The van der Waals surface area contributed by atoms with Crippen LogP contribution < -0.4 is 10.6 Å². The number of rotatable bonds is 11. The monoisotopic (exact) mass is 423 g/mol. The molecule has 1 aromatic heterocycles. The topological polar surface area (TPSA) is 63.2 Å². The van der Waals surface area contributed by atoms with E-state index in [0.29, 0.717) is 6.04 Å². The Kier molecular flexibility index (Phi) is 8.87. The summed E-state index contributed by atoms with van der Waals surface area (Å²) in [7, 11) is 2.00. The van der Waals surface area contributed by atoms with Crippen molar-refractivity contribution in [2.24, 2.45) is 0 Å². The molecule has 3 rings (SSSR count). The normalized spacial score (nSPS) is 12.8. The first-order valence-corrected chi connectivity index (χ1v) is 11.2. The summed E-state index contributed by atoms with van der Waals surface area (Å²) in [5, 5.41) is 9.14. The van der Waals surface area contributed by atoms with Gasteiger partial charge in [0, 0.05) is 23.7 Å². The van der Waals surface area contributed by atoms with Crippen LogP contribution in [0.4, 0.5) is 4.79 Å². The first kappa shape index (κ1) is 22.0. The number of nitrogens with zero attached hydrogens (tertiary/aromatic N) is 1. The second-order valence-electron chi connectivity index (χ2n) is 7.29. The van der Waals surface area contributed by atoms with Crippen LogP contribution in [0.15, 0.2) is 72.2 Å². The highest BCUT2D eigenvalue weighted by molar-refractivity contribution is 7.09. The molecule has 0 radical (unpaired) electrons. The first-order chi connectivity index (χ1) is 14.7. The van der Waals surface area contributed by atoms with Crippen molar-refractivity contribution >= 4 is 17.4 Å². The molecule has 0 bridgehead atoms. The van der Waals surface area contributed by atoms with Crippen molar-refractivity contribution in [2.45, 2.75) is 44.4 Å². The van der Waals surface area contributed by atoms with Crippen LogP contribution in [0.3, 0.4) is 0 Å². The molecular formula is C24H29N3O2S. The number of nitrogens with one attached hydrogen (secondary N) is 2. The van der Waals surface area contributed by atoms with E-state index in [0.717, 1.165) is 30.7 Å². The van der Waals surface area contributed by atoms with E-state index in [1.54, 1.807) is 6.20 Å². The molecule has 0 spiro atoms. The van der Waals surface area contributed by atoms with E-state index < -0.39 is 6.09 Å². The molecule has 158 valence electrons. The number of carbonyl (C=O) groups excluding carboxylic acids is 1. The maximum absolute atomic E-state index is 12.4. The number of carbonyl (C=O) groups is 1. The number of ether oxygens (including phenoxy) is 1. The molecule has 5 nitrogen and oxygen atoms in total. The Morgan fingerprint density at radius 1 is 0.967 bits per heavy atom. The maximum atomic E-state index is 12.4. The van der Waals surface area contributed by atoms with Gasteiger partial charge in [-0.15, -0.1) is 11.3 Å². The van der Waals surface area contributed by atoms with Gasteiger partial charge in [-0.25, -0.2) is 9.78 Å². The molecule has 2 atom stereocenters. The molecule has 6 heteroatoms. The predicted molar refractivity (Wildman–Crippen MR) is 122 cm³/mol. The van der Waals surface area contributed by atoms with E-state index in [2.05, 4.69) is 52.0 Å².